The van der Waals surface area contributed by atoms with Crippen LogP contribution in [0.5, 0.6) is 0 Å². The van der Waals surface area contributed by atoms with Crippen molar-refractivity contribution >= 4 is 21.6 Å². The Balaban J connectivity index is 2.32. The van der Waals surface area contributed by atoms with E-state index >= 15 is 0 Å². The van der Waals surface area contributed by atoms with Crippen LogP contribution in [-0.2, 0) is 16.6 Å². The summed E-state index contributed by atoms with van der Waals surface area (Å²) in [6, 6.07) is 3.24. The van der Waals surface area contributed by atoms with Crippen molar-refractivity contribution < 1.29 is 8.42 Å². The van der Waals surface area contributed by atoms with Gasteiger partial charge in [-0.25, -0.2) is 13.1 Å². The summed E-state index contributed by atoms with van der Waals surface area (Å²) in [4.78, 5) is 0.236. The fourth-order valence-electron chi connectivity index (χ4n) is 2.48. The Morgan fingerprint density at radius 3 is 2.58 bits per heavy atom. The SMILES string of the molecule is Cc1c(CN)cc(Cl)cc1S(=O)(=O)NC1CC(C)C1. The minimum absolute atomic E-state index is 0.0414. The van der Waals surface area contributed by atoms with Gasteiger partial charge < -0.3 is 5.73 Å². The summed E-state index contributed by atoms with van der Waals surface area (Å²) in [5.74, 6) is 0.591. The third-order valence-corrected chi connectivity index (χ3v) is 5.50. The molecule has 1 aliphatic carbocycles. The minimum Gasteiger partial charge on any atom is -0.326 e. The predicted molar refractivity (Wildman–Crippen MR) is 76.6 cm³/mol. The fourth-order valence-corrected chi connectivity index (χ4v) is 4.36. The Morgan fingerprint density at radius 1 is 1.42 bits per heavy atom. The molecule has 1 aromatic rings. The van der Waals surface area contributed by atoms with Crippen LogP contribution in [-0.4, -0.2) is 14.5 Å². The number of sulfonamides is 1. The molecule has 0 aromatic heterocycles. The van der Waals surface area contributed by atoms with Gasteiger partial charge in [-0.15, -0.1) is 0 Å². The Kier molecular flexibility index (Phi) is 4.20. The quantitative estimate of drug-likeness (QED) is 0.895. The number of hydrogen-bond donors (Lipinski definition) is 2. The molecule has 0 bridgehead atoms. The van der Waals surface area contributed by atoms with Crippen molar-refractivity contribution in [2.24, 2.45) is 11.7 Å². The van der Waals surface area contributed by atoms with E-state index in [2.05, 4.69) is 11.6 Å². The maximum atomic E-state index is 12.4. The molecule has 1 fully saturated rings. The van der Waals surface area contributed by atoms with Crippen LogP contribution in [0.1, 0.15) is 30.9 Å². The molecule has 1 aromatic carbocycles. The minimum atomic E-state index is -3.52. The van der Waals surface area contributed by atoms with Gasteiger partial charge in [0.25, 0.3) is 0 Å². The zero-order chi connectivity index (χ0) is 14.2. The number of benzene rings is 1. The summed E-state index contributed by atoms with van der Waals surface area (Å²) in [5, 5.41) is 0.397. The molecule has 6 heteroatoms. The maximum absolute atomic E-state index is 12.4. The molecule has 1 aliphatic rings. The van der Waals surface area contributed by atoms with Gasteiger partial charge in [-0.3, -0.25) is 0 Å². The van der Waals surface area contributed by atoms with E-state index in [0.717, 1.165) is 18.4 Å². The molecule has 0 radical (unpaired) electrons. The standard InChI is InChI=1S/C13H19ClN2O2S/c1-8-3-12(4-8)16-19(17,18)13-6-11(14)5-10(7-15)9(13)2/h5-6,8,12,16H,3-4,7,15H2,1-2H3. The zero-order valence-electron chi connectivity index (χ0n) is 11.1. The highest BCUT2D eigenvalue weighted by atomic mass is 35.5. The van der Waals surface area contributed by atoms with Crippen molar-refractivity contribution in [1.82, 2.24) is 4.72 Å². The number of halogens is 1. The Hall–Kier alpha value is -0.620. The predicted octanol–water partition coefficient (Wildman–Crippen LogP) is 2.18. The molecule has 2 rings (SSSR count). The first-order chi connectivity index (χ1) is 8.83. The van der Waals surface area contributed by atoms with Gasteiger partial charge in [0.05, 0.1) is 4.90 Å². The Labute approximate surface area is 119 Å². The molecule has 19 heavy (non-hydrogen) atoms. The summed E-state index contributed by atoms with van der Waals surface area (Å²) >= 11 is 5.97. The van der Waals surface area contributed by atoms with Crippen LogP contribution in [0.15, 0.2) is 17.0 Å². The maximum Gasteiger partial charge on any atom is 0.241 e. The molecular weight excluding hydrogens is 284 g/mol. The van der Waals surface area contributed by atoms with Gasteiger partial charge in [0.2, 0.25) is 10.0 Å². The van der Waals surface area contributed by atoms with Gasteiger partial charge in [0.15, 0.2) is 0 Å². The monoisotopic (exact) mass is 302 g/mol. The van der Waals surface area contributed by atoms with Crippen LogP contribution in [0.2, 0.25) is 5.02 Å². The van der Waals surface area contributed by atoms with E-state index in [1.54, 1.807) is 13.0 Å². The average Bonchev–Trinajstić information content (AvgIpc) is 2.29. The van der Waals surface area contributed by atoms with E-state index in [4.69, 9.17) is 17.3 Å². The van der Waals surface area contributed by atoms with E-state index in [1.807, 2.05) is 0 Å². The molecule has 0 amide bonds. The molecule has 0 saturated heterocycles. The summed E-state index contributed by atoms with van der Waals surface area (Å²) < 4.78 is 27.5. The Morgan fingerprint density at radius 2 is 2.05 bits per heavy atom. The molecular formula is C13H19ClN2O2S. The fraction of sp³-hybridized carbons (Fsp3) is 0.538. The van der Waals surface area contributed by atoms with E-state index in [1.165, 1.54) is 6.07 Å². The summed E-state index contributed by atoms with van der Waals surface area (Å²) in [7, 11) is -3.52. The average molecular weight is 303 g/mol. The van der Waals surface area contributed by atoms with Crippen LogP contribution in [0.4, 0.5) is 0 Å². The highest BCUT2D eigenvalue weighted by Crippen LogP contribution is 2.29. The summed E-state index contributed by atoms with van der Waals surface area (Å²) in [6.45, 7) is 4.15. The number of hydrogen-bond acceptors (Lipinski definition) is 3. The van der Waals surface area contributed by atoms with E-state index in [-0.39, 0.29) is 17.5 Å². The highest BCUT2D eigenvalue weighted by Gasteiger charge is 2.30. The van der Waals surface area contributed by atoms with Gasteiger partial charge in [0, 0.05) is 17.6 Å². The molecule has 0 atom stereocenters. The van der Waals surface area contributed by atoms with Gasteiger partial charge in [-0.2, -0.15) is 0 Å². The lowest BCUT2D eigenvalue weighted by Gasteiger charge is -2.33. The van der Waals surface area contributed by atoms with Gasteiger partial charge >= 0.3 is 0 Å². The van der Waals surface area contributed by atoms with Crippen molar-refractivity contribution in [3.05, 3.63) is 28.3 Å². The lowest BCUT2D eigenvalue weighted by atomic mass is 9.83. The van der Waals surface area contributed by atoms with Crippen LogP contribution < -0.4 is 10.5 Å². The lowest BCUT2D eigenvalue weighted by Crippen LogP contribution is -2.43. The lowest BCUT2D eigenvalue weighted by molar-refractivity contribution is 0.270. The highest BCUT2D eigenvalue weighted by molar-refractivity contribution is 7.89. The number of nitrogens with two attached hydrogens (primary N) is 1. The molecule has 3 N–H and O–H groups in total. The second kappa shape index (κ2) is 5.40. The van der Waals surface area contributed by atoms with Crippen molar-refractivity contribution in [1.29, 1.82) is 0 Å². The first-order valence-electron chi connectivity index (χ1n) is 6.35. The molecule has 0 aliphatic heterocycles. The van der Waals surface area contributed by atoms with Crippen LogP contribution in [0.3, 0.4) is 0 Å². The van der Waals surface area contributed by atoms with E-state index in [9.17, 15) is 8.42 Å². The van der Waals surface area contributed by atoms with Gasteiger partial charge in [-0.1, -0.05) is 18.5 Å². The van der Waals surface area contributed by atoms with Crippen molar-refractivity contribution in [3.63, 3.8) is 0 Å². The third kappa shape index (κ3) is 3.11. The molecule has 0 heterocycles. The largest absolute Gasteiger partial charge is 0.326 e. The summed E-state index contributed by atoms with van der Waals surface area (Å²) in [5.41, 5.74) is 7.05. The van der Waals surface area contributed by atoms with Crippen LogP contribution in [0, 0.1) is 12.8 Å². The molecule has 4 nitrogen and oxygen atoms in total. The van der Waals surface area contributed by atoms with E-state index in [0.29, 0.717) is 16.5 Å². The first-order valence-corrected chi connectivity index (χ1v) is 8.21. The van der Waals surface area contributed by atoms with Gasteiger partial charge in [0.1, 0.15) is 0 Å². The number of rotatable bonds is 4. The summed E-state index contributed by atoms with van der Waals surface area (Å²) in [6.07, 6.45) is 1.78. The first kappa shape index (κ1) is 14.8. The van der Waals surface area contributed by atoms with Crippen LogP contribution >= 0.6 is 11.6 Å². The second-order valence-corrected chi connectivity index (χ2v) is 7.41. The van der Waals surface area contributed by atoms with Crippen molar-refractivity contribution in [2.75, 3.05) is 0 Å². The molecule has 0 unspecified atom stereocenters. The topological polar surface area (TPSA) is 72.2 Å². The molecule has 106 valence electrons. The van der Waals surface area contributed by atoms with Crippen LogP contribution in [0.25, 0.3) is 0 Å². The molecule has 0 spiro atoms. The second-order valence-electron chi connectivity index (χ2n) is 5.29. The van der Waals surface area contributed by atoms with E-state index < -0.39 is 10.0 Å². The van der Waals surface area contributed by atoms with Crippen molar-refractivity contribution in [3.8, 4) is 0 Å². The Bertz CT molecular complexity index is 581. The zero-order valence-corrected chi connectivity index (χ0v) is 12.7. The number of nitrogens with one attached hydrogen (secondary N) is 1. The van der Waals surface area contributed by atoms with Gasteiger partial charge in [-0.05, 0) is 48.9 Å². The molecule has 1 saturated carbocycles. The van der Waals surface area contributed by atoms with Crippen molar-refractivity contribution in [2.45, 2.75) is 44.2 Å². The normalized spacial score (nSPS) is 23.2. The smallest absolute Gasteiger partial charge is 0.241 e. The third-order valence-electron chi connectivity index (χ3n) is 3.64.